The van der Waals surface area contributed by atoms with Crippen molar-refractivity contribution in [1.82, 2.24) is 4.98 Å². The zero-order valence-corrected chi connectivity index (χ0v) is 8.80. The third-order valence-electron chi connectivity index (χ3n) is 2.63. The zero-order chi connectivity index (χ0) is 11.7. The Morgan fingerprint density at radius 1 is 1.50 bits per heavy atom. The molecule has 16 heavy (non-hydrogen) atoms. The number of aromatic nitrogens is 1. The Labute approximate surface area is 92.5 Å². The summed E-state index contributed by atoms with van der Waals surface area (Å²) in [6.07, 6.45) is 2.30. The largest absolute Gasteiger partial charge is 0.481 e. The molecule has 0 spiro atoms. The molecule has 0 aliphatic heterocycles. The van der Waals surface area contributed by atoms with E-state index in [9.17, 15) is 9.59 Å². The number of amides is 1. The second-order valence-corrected chi connectivity index (χ2v) is 3.94. The first-order valence-electron chi connectivity index (χ1n) is 5.04. The van der Waals surface area contributed by atoms with Crippen LogP contribution in [0, 0.1) is 5.92 Å². The fourth-order valence-electron chi connectivity index (χ4n) is 1.72. The van der Waals surface area contributed by atoms with Crippen molar-refractivity contribution in [2.24, 2.45) is 5.92 Å². The lowest BCUT2D eigenvalue weighted by Gasteiger charge is -2.02. The van der Waals surface area contributed by atoms with Crippen LogP contribution in [0.1, 0.15) is 24.8 Å². The Morgan fingerprint density at radius 2 is 2.25 bits per heavy atom. The minimum atomic E-state index is -0.754. The minimum absolute atomic E-state index is 0.0800. The molecule has 1 aliphatic carbocycles. The summed E-state index contributed by atoms with van der Waals surface area (Å²) in [6, 6.07) is 3.50. The first kappa shape index (κ1) is 10.6. The standard InChI is InChI=1S/C11H12N2O3/c1-6(14)13-10-3-2-7(5-12-10)8-4-9(8)11(15)16/h2-3,5,8-9H,4H2,1H3,(H,15,16)(H,12,13,14)/t8-,9+/m0/s1. The highest BCUT2D eigenvalue weighted by Crippen LogP contribution is 2.47. The van der Waals surface area contributed by atoms with E-state index < -0.39 is 5.97 Å². The molecule has 0 unspecified atom stereocenters. The van der Waals surface area contributed by atoms with Crippen LogP contribution in [0.2, 0.25) is 0 Å². The van der Waals surface area contributed by atoms with Crippen LogP contribution in [0.3, 0.4) is 0 Å². The molecule has 2 rings (SSSR count). The van der Waals surface area contributed by atoms with E-state index in [0.717, 1.165) is 5.56 Å². The maximum Gasteiger partial charge on any atom is 0.307 e. The maximum atomic E-state index is 10.8. The number of carbonyl (C=O) groups is 2. The molecule has 1 aliphatic rings. The van der Waals surface area contributed by atoms with Crippen molar-refractivity contribution < 1.29 is 14.7 Å². The summed E-state index contributed by atoms with van der Waals surface area (Å²) in [4.78, 5) is 25.5. The van der Waals surface area contributed by atoms with E-state index in [0.29, 0.717) is 12.2 Å². The van der Waals surface area contributed by atoms with E-state index in [-0.39, 0.29) is 17.7 Å². The normalized spacial score (nSPS) is 22.6. The van der Waals surface area contributed by atoms with Gasteiger partial charge in [-0.2, -0.15) is 0 Å². The third-order valence-corrected chi connectivity index (χ3v) is 2.63. The van der Waals surface area contributed by atoms with Crippen molar-refractivity contribution in [2.45, 2.75) is 19.3 Å². The van der Waals surface area contributed by atoms with Gasteiger partial charge in [0.25, 0.3) is 0 Å². The van der Waals surface area contributed by atoms with Gasteiger partial charge in [0.05, 0.1) is 5.92 Å². The number of pyridine rings is 1. The van der Waals surface area contributed by atoms with Gasteiger partial charge in [0.2, 0.25) is 5.91 Å². The van der Waals surface area contributed by atoms with Crippen LogP contribution >= 0.6 is 0 Å². The van der Waals surface area contributed by atoms with Gasteiger partial charge in [0.1, 0.15) is 5.82 Å². The number of nitrogens with one attached hydrogen (secondary N) is 1. The van der Waals surface area contributed by atoms with Gasteiger partial charge in [-0.1, -0.05) is 6.07 Å². The highest BCUT2D eigenvalue weighted by molar-refractivity contribution is 5.87. The average Bonchev–Trinajstić information content (AvgIpc) is 2.97. The fraction of sp³-hybridized carbons (Fsp3) is 0.364. The van der Waals surface area contributed by atoms with Crippen molar-refractivity contribution in [1.29, 1.82) is 0 Å². The molecule has 1 saturated carbocycles. The molecule has 0 saturated heterocycles. The first-order valence-corrected chi connectivity index (χ1v) is 5.04. The van der Waals surface area contributed by atoms with Gasteiger partial charge >= 0.3 is 5.97 Å². The quantitative estimate of drug-likeness (QED) is 0.802. The third kappa shape index (κ3) is 2.18. The van der Waals surface area contributed by atoms with Crippen molar-refractivity contribution >= 4 is 17.7 Å². The molecule has 0 radical (unpaired) electrons. The molecule has 1 aromatic heterocycles. The molecule has 1 fully saturated rings. The van der Waals surface area contributed by atoms with Gasteiger partial charge in [-0.25, -0.2) is 4.98 Å². The lowest BCUT2D eigenvalue weighted by molar-refractivity contribution is -0.138. The molecule has 2 atom stereocenters. The lowest BCUT2D eigenvalue weighted by Crippen LogP contribution is -2.07. The maximum absolute atomic E-state index is 10.8. The first-order chi connectivity index (χ1) is 7.58. The summed E-state index contributed by atoms with van der Waals surface area (Å²) < 4.78 is 0. The van der Waals surface area contributed by atoms with Crippen LogP contribution in [0.4, 0.5) is 5.82 Å². The van der Waals surface area contributed by atoms with Crippen molar-refractivity contribution in [3.63, 3.8) is 0 Å². The molecule has 5 heteroatoms. The van der Waals surface area contributed by atoms with Crippen molar-refractivity contribution in [2.75, 3.05) is 5.32 Å². The summed E-state index contributed by atoms with van der Waals surface area (Å²) in [5, 5.41) is 11.3. The molecular weight excluding hydrogens is 208 g/mol. The van der Waals surface area contributed by atoms with E-state index in [1.54, 1.807) is 12.3 Å². The molecule has 84 valence electrons. The molecular formula is C11H12N2O3. The molecule has 1 aromatic rings. The van der Waals surface area contributed by atoms with Crippen molar-refractivity contribution in [3.05, 3.63) is 23.9 Å². The molecule has 0 aromatic carbocycles. The van der Waals surface area contributed by atoms with Gasteiger partial charge in [-0.15, -0.1) is 0 Å². The summed E-state index contributed by atoms with van der Waals surface area (Å²) in [6.45, 7) is 1.41. The number of carboxylic acids is 1. The number of nitrogens with zero attached hydrogens (tertiary/aromatic N) is 1. The van der Waals surface area contributed by atoms with Crippen molar-refractivity contribution in [3.8, 4) is 0 Å². The molecule has 5 nitrogen and oxygen atoms in total. The van der Waals surface area contributed by atoms with Crippen LogP contribution in [0.25, 0.3) is 0 Å². The number of anilines is 1. The van der Waals surface area contributed by atoms with Crippen LogP contribution in [-0.4, -0.2) is 22.0 Å². The van der Waals surface area contributed by atoms with Crippen LogP contribution in [0.5, 0.6) is 0 Å². The Morgan fingerprint density at radius 3 is 2.69 bits per heavy atom. The summed E-state index contributed by atoms with van der Waals surface area (Å²) >= 11 is 0. The second-order valence-electron chi connectivity index (χ2n) is 3.94. The van der Waals surface area contributed by atoms with E-state index in [4.69, 9.17) is 5.11 Å². The highest BCUT2D eigenvalue weighted by Gasteiger charge is 2.44. The molecule has 1 heterocycles. The van der Waals surface area contributed by atoms with E-state index in [2.05, 4.69) is 10.3 Å². The zero-order valence-electron chi connectivity index (χ0n) is 8.80. The van der Waals surface area contributed by atoms with E-state index in [1.165, 1.54) is 6.92 Å². The SMILES string of the molecule is CC(=O)Nc1ccc([C@@H]2C[C@H]2C(=O)O)cn1. The Balaban J connectivity index is 2.04. The number of hydrogen-bond donors (Lipinski definition) is 2. The van der Waals surface area contributed by atoms with Crippen LogP contribution < -0.4 is 5.32 Å². The number of carbonyl (C=O) groups excluding carboxylic acids is 1. The molecule has 2 N–H and O–H groups in total. The van der Waals surface area contributed by atoms with Gasteiger partial charge in [-0.3, -0.25) is 9.59 Å². The number of carboxylic acid groups (broad SMARTS) is 1. The van der Waals surface area contributed by atoms with E-state index in [1.807, 2.05) is 6.07 Å². The number of hydrogen-bond acceptors (Lipinski definition) is 3. The van der Waals surface area contributed by atoms with Gasteiger partial charge < -0.3 is 10.4 Å². The highest BCUT2D eigenvalue weighted by atomic mass is 16.4. The Hall–Kier alpha value is -1.91. The second kappa shape index (κ2) is 3.92. The van der Waals surface area contributed by atoms with Crippen LogP contribution in [0.15, 0.2) is 18.3 Å². The van der Waals surface area contributed by atoms with Gasteiger partial charge in [-0.05, 0) is 24.0 Å². The predicted octanol–water partition coefficient (Wildman–Crippen LogP) is 1.23. The fourth-order valence-corrected chi connectivity index (χ4v) is 1.72. The van der Waals surface area contributed by atoms with Gasteiger partial charge in [0.15, 0.2) is 0 Å². The van der Waals surface area contributed by atoms with E-state index >= 15 is 0 Å². The Bertz CT molecular complexity index is 427. The summed E-state index contributed by atoms with van der Waals surface area (Å²) in [7, 11) is 0. The topological polar surface area (TPSA) is 79.3 Å². The average molecular weight is 220 g/mol. The monoisotopic (exact) mass is 220 g/mol. The smallest absolute Gasteiger partial charge is 0.307 e. The van der Waals surface area contributed by atoms with Gasteiger partial charge in [0, 0.05) is 13.1 Å². The van der Waals surface area contributed by atoms with Crippen LogP contribution in [-0.2, 0) is 9.59 Å². The Kier molecular flexibility index (Phi) is 2.60. The lowest BCUT2D eigenvalue weighted by atomic mass is 10.1. The predicted molar refractivity (Wildman–Crippen MR) is 57.0 cm³/mol. The summed E-state index contributed by atoms with van der Waals surface area (Å²) in [5.74, 6) is -0.625. The minimum Gasteiger partial charge on any atom is -0.481 e. The number of aliphatic carboxylic acids is 1. The molecule has 1 amide bonds. The number of rotatable bonds is 3. The molecule has 0 bridgehead atoms. The summed E-state index contributed by atoms with van der Waals surface area (Å²) in [5.41, 5.74) is 0.918.